The average molecular weight is 391 g/mol. The maximum Gasteiger partial charge on any atom is 0.312 e. The summed E-state index contributed by atoms with van der Waals surface area (Å²) in [7, 11) is 0. The molecule has 0 fully saturated rings. The van der Waals surface area contributed by atoms with Crippen LogP contribution in [-0.2, 0) is 27.2 Å². The number of H-pyrrole nitrogens is 1. The molecule has 2 N–H and O–H groups in total. The Morgan fingerprint density at radius 1 is 1.10 bits per heavy atom. The minimum atomic E-state index is -0.575. The van der Waals surface area contributed by atoms with Crippen molar-refractivity contribution in [3.8, 4) is 0 Å². The van der Waals surface area contributed by atoms with Gasteiger partial charge in [-0.25, -0.2) is 5.10 Å². The van der Waals surface area contributed by atoms with Gasteiger partial charge in [0.05, 0.1) is 23.5 Å². The van der Waals surface area contributed by atoms with Crippen molar-refractivity contribution in [3.05, 3.63) is 75.7 Å². The van der Waals surface area contributed by atoms with Crippen molar-refractivity contribution in [2.75, 3.05) is 6.61 Å². The van der Waals surface area contributed by atoms with Crippen LogP contribution in [0.3, 0.4) is 0 Å². The molecule has 3 aromatic rings. The van der Waals surface area contributed by atoms with Crippen LogP contribution in [0, 0.1) is 0 Å². The lowest BCUT2D eigenvalue weighted by atomic mass is 9.88. The molecule has 1 amide bonds. The molecule has 2 aromatic carbocycles. The summed E-state index contributed by atoms with van der Waals surface area (Å²) in [6.45, 7) is -0.348. The predicted molar refractivity (Wildman–Crippen MR) is 107 cm³/mol. The van der Waals surface area contributed by atoms with Crippen LogP contribution in [0.25, 0.3) is 10.8 Å². The standard InChI is InChI=1S/C22H21N3O4/c26-20(23-18-11-5-7-14-6-1-2-8-15(14)18)13-29-21(27)12-19-16-9-3-4-10-17(16)22(28)25-24-19/h1-4,6,8-10,18H,5,7,11-13H2,(H,23,26)(H,25,28)/t18-/m0/s1. The van der Waals surface area contributed by atoms with Gasteiger partial charge in [-0.1, -0.05) is 42.5 Å². The number of amides is 1. The minimum absolute atomic E-state index is 0.0593. The number of carbonyl (C=O) groups excluding carboxylic acids is 2. The summed E-state index contributed by atoms with van der Waals surface area (Å²) in [5.41, 5.74) is 2.47. The zero-order valence-corrected chi connectivity index (χ0v) is 15.8. The zero-order valence-electron chi connectivity index (χ0n) is 15.8. The van der Waals surface area contributed by atoms with E-state index in [2.05, 4.69) is 21.6 Å². The molecular weight excluding hydrogens is 370 g/mol. The Morgan fingerprint density at radius 2 is 1.86 bits per heavy atom. The Morgan fingerprint density at radius 3 is 2.72 bits per heavy atom. The van der Waals surface area contributed by atoms with Crippen LogP contribution >= 0.6 is 0 Å². The van der Waals surface area contributed by atoms with Gasteiger partial charge in [-0.3, -0.25) is 14.4 Å². The Hall–Kier alpha value is -3.48. The monoisotopic (exact) mass is 391 g/mol. The van der Waals surface area contributed by atoms with Crippen molar-refractivity contribution in [2.45, 2.75) is 31.7 Å². The Bertz CT molecular complexity index is 1120. The van der Waals surface area contributed by atoms with Gasteiger partial charge < -0.3 is 10.1 Å². The van der Waals surface area contributed by atoms with Crippen molar-refractivity contribution < 1.29 is 14.3 Å². The largest absolute Gasteiger partial charge is 0.455 e. The SMILES string of the molecule is O=C(COC(=O)Cc1n[nH]c(=O)c2ccccc12)N[C@H]1CCCc2ccccc21. The molecule has 7 nitrogen and oxygen atoms in total. The summed E-state index contributed by atoms with van der Waals surface area (Å²) in [6, 6.07) is 14.9. The quantitative estimate of drug-likeness (QED) is 0.650. The first-order chi connectivity index (χ1) is 14.1. The summed E-state index contributed by atoms with van der Waals surface area (Å²) < 4.78 is 5.13. The number of nitrogens with zero attached hydrogens (tertiary/aromatic N) is 1. The lowest BCUT2D eigenvalue weighted by molar-refractivity contribution is -0.148. The number of aryl methyl sites for hydroxylation is 1. The predicted octanol–water partition coefficient (Wildman–Crippen LogP) is 2.20. The van der Waals surface area contributed by atoms with Gasteiger partial charge in [-0.2, -0.15) is 5.10 Å². The van der Waals surface area contributed by atoms with Crippen molar-refractivity contribution in [1.82, 2.24) is 15.5 Å². The molecule has 1 aliphatic carbocycles. The second kappa shape index (κ2) is 8.26. The number of nitrogens with one attached hydrogen (secondary N) is 2. The summed E-state index contributed by atoms with van der Waals surface area (Å²) >= 11 is 0. The smallest absolute Gasteiger partial charge is 0.312 e. The van der Waals surface area contributed by atoms with E-state index < -0.39 is 5.97 Å². The third-order valence-corrected chi connectivity index (χ3v) is 5.16. The highest BCUT2D eigenvalue weighted by Crippen LogP contribution is 2.29. The second-order valence-corrected chi connectivity index (χ2v) is 7.09. The second-order valence-electron chi connectivity index (χ2n) is 7.09. The molecule has 0 saturated heterocycles. The third-order valence-electron chi connectivity index (χ3n) is 5.16. The van der Waals surface area contributed by atoms with Crippen molar-refractivity contribution >= 4 is 22.6 Å². The van der Waals surface area contributed by atoms with Crippen LogP contribution in [0.5, 0.6) is 0 Å². The number of carbonyl (C=O) groups is 2. The number of hydrogen-bond donors (Lipinski definition) is 2. The van der Waals surface area contributed by atoms with Gasteiger partial charge in [0, 0.05) is 5.39 Å². The molecule has 1 heterocycles. The number of ether oxygens (including phenoxy) is 1. The van der Waals surface area contributed by atoms with Crippen LogP contribution in [0.15, 0.2) is 53.3 Å². The van der Waals surface area contributed by atoms with E-state index in [1.807, 2.05) is 18.2 Å². The van der Waals surface area contributed by atoms with Gasteiger partial charge in [-0.05, 0) is 36.5 Å². The van der Waals surface area contributed by atoms with E-state index in [9.17, 15) is 14.4 Å². The van der Waals surface area contributed by atoms with E-state index in [0.717, 1.165) is 24.8 Å². The van der Waals surface area contributed by atoms with Gasteiger partial charge in [0.2, 0.25) is 0 Å². The number of esters is 1. The first kappa shape index (κ1) is 18.9. The Labute approximate surface area is 167 Å². The highest BCUT2D eigenvalue weighted by atomic mass is 16.5. The van der Waals surface area contributed by atoms with Crippen LogP contribution < -0.4 is 10.9 Å². The van der Waals surface area contributed by atoms with Crippen molar-refractivity contribution in [3.63, 3.8) is 0 Å². The average Bonchev–Trinajstić information content (AvgIpc) is 2.75. The van der Waals surface area contributed by atoms with Crippen LogP contribution in [0.2, 0.25) is 0 Å². The molecule has 0 spiro atoms. The first-order valence-electron chi connectivity index (χ1n) is 9.61. The third kappa shape index (κ3) is 4.18. The van der Waals surface area contributed by atoms with Crippen molar-refractivity contribution in [2.24, 2.45) is 0 Å². The number of benzene rings is 2. The van der Waals surface area contributed by atoms with Gasteiger partial charge in [0.15, 0.2) is 6.61 Å². The van der Waals surface area contributed by atoms with Crippen LogP contribution in [0.1, 0.15) is 35.7 Å². The number of hydrogen-bond acceptors (Lipinski definition) is 5. The van der Waals surface area contributed by atoms with Crippen LogP contribution in [-0.4, -0.2) is 28.7 Å². The van der Waals surface area contributed by atoms with E-state index >= 15 is 0 Å². The molecule has 0 aliphatic heterocycles. The van der Waals surface area contributed by atoms with Gasteiger partial charge >= 0.3 is 5.97 Å². The maximum absolute atomic E-state index is 12.3. The summed E-state index contributed by atoms with van der Waals surface area (Å²) in [6.07, 6.45) is 2.76. The molecule has 0 radical (unpaired) electrons. The molecule has 1 atom stereocenters. The summed E-state index contributed by atoms with van der Waals surface area (Å²) in [4.78, 5) is 36.3. The first-order valence-corrected chi connectivity index (χ1v) is 9.61. The van der Waals surface area contributed by atoms with Gasteiger partial charge in [0.1, 0.15) is 0 Å². The van der Waals surface area contributed by atoms with Crippen molar-refractivity contribution in [1.29, 1.82) is 0 Å². The molecule has 0 unspecified atom stereocenters. The molecule has 148 valence electrons. The van der Waals surface area contributed by atoms with E-state index in [0.29, 0.717) is 16.5 Å². The lowest BCUT2D eigenvalue weighted by Crippen LogP contribution is -2.34. The molecule has 1 aliphatic rings. The molecule has 7 heteroatoms. The number of fused-ring (bicyclic) bond motifs is 2. The molecule has 0 bridgehead atoms. The van der Waals surface area contributed by atoms with E-state index in [4.69, 9.17) is 4.74 Å². The van der Waals surface area contributed by atoms with Crippen LogP contribution in [0.4, 0.5) is 0 Å². The topological polar surface area (TPSA) is 101 Å². The Kier molecular flexibility index (Phi) is 5.37. The summed E-state index contributed by atoms with van der Waals surface area (Å²) in [5, 5.41) is 10.3. The van der Waals surface area contributed by atoms with E-state index in [-0.39, 0.29) is 30.5 Å². The highest BCUT2D eigenvalue weighted by molar-refractivity contribution is 5.87. The lowest BCUT2D eigenvalue weighted by Gasteiger charge is -2.26. The molecular formula is C22H21N3O4. The zero-order chi connectivity index (χ0) is 20.2. The fourth-order valence-corrected chi connectivity index (χ4v) is 3.78. The molecule has 29 heavy (non-hydrogen) atoms. The molecule has 1 aromatic heterocycles. The Balaban J connectivity index is 1.36. The van der Waals surface area contributed by atoms with E-state index in [1.165, 1.54) is 5.56 Å². The number of aromatic amines is 1. The molecule has 4 rings (SSSR count). The maximum atomic E-state index is 12.3. The van der Waals surface area contributed by atoms with Gasteiger partial charge in [-0.15, -0.1) is 0 Å². The number of aromatic nitrogens is 2. The fraction of sp³-hybridized carbons (Fsp3) is 0.273. The molecule has 0 saturated carbocycles. The van der Waals surface area contributed by atoms with Gasteiger partial charge in [0.25, 0.3) is 11.5 Å². The number of rotatable bonds is 5. The fourth-order valence-electron chi connectivity index (χ4n) is 3.78. The highest BCUT2D eigenvalue weighted by Gasteiger charge is 2.22. The minimum Gasteiger partial charge on any atom is -0.455 e. The van der Waals surface area contributed by atoms with E-state index in [1.54, 1.807) is 24.3 Å². The normalized spacial score (nSPS) is 15.5. The summed E-state index contributed by atoms with van der Waals surface area (Å²) in [5.74, 6) is -0.909.